The summed E-state index contributed by atoms with van der Waals surface area (Å²) in [7, 11) is -0.323. The Hall–Kier alpha value is -2.12. The predicted molar refractivity (Wildman–Crippen MR) is 120 cm³/mol. The summed E-state index contributed by atoms with van der Waals surface area (Å²) in [5, 5.41) is 1.78. The Balaban J connectivity index is 1.64. The maximum absolute atomic E-state index is 2.60. The molecule has 0 saturated heterocycles. The van der Waals surface area contributed by atoms with Crippen LogP contribution >= 0.6 is 0 Å². The summed E-state index contributed by atoms with van der Waals surface area (Å²) < 4.78 is 0. The van der Waals surface area contributed by atoms with E-state index in [0.29, 0.717) is 5.54 Å². The number of hydrogen-bond donors (Lipinski definition) is 0. The highest BCUT2D eigenvalue weighted by atomic mass is 28.2. The lowest BCUT2D eigenvalue weighted by Crippen LogP contribution is -2.11. The molecule has 0 aromatic heterocycles. The first-order valence-electron chi connectivity index (χ1n) is 10.4. The van der Waals surface area contributed by atoms with Gasteiger partial charge >= 0.3 is 0 Å². The quantitative estimate of drug-likeness (QED) is 0.575. The fourth-order valence-corrected chi connectivity index (χ4v) is 7.74. The molecule has 0 aliphatic heterocycles. The molecule has 0 amide bonds. The van der Waals surface area contributed by atoms with Crippen molar-refractivity contribution in [2.24, 2.45) is 0 Å². The molecule has 0 saturated carbocycles. The zero-order valence-corrected chi connectivity index (χ0v) is 18.1. The fourth-order valence-electron chi connectivity index (χ4n) is 5.35. The summed E-state index contributed by atoms with van der Waals surface area (Å²) in [4.78, 5) is 0. The van der Waals surface area contributed by atoms with Gasteiger partial charge in [0.1, 0.15) is 0 Å². The number of benzene rings is 2. The Morgan fingerprint density at radius 2 is 1.81 bits per heavy atom. The molecule has 27 heavy (non-hydrogen) atoms. The lowest BCUT2D eigenvalue weighted by atomic mass is 9.89. The monoisotopic (exact) mass is 368 g/mol. The van der Waals surface area contributed by atoms with E-state index in [1.54, 1.807) is 38.6 Å². The highest BCUT2D eigenvalue weighted by molar-refractivity contribution is 6.49. The van der Waals surface area contributed by atoms with Crippen LogP contribution in [0.5, 0.6) is 0 Å². The van der Waals surface area contributed by atoms with Crippen molar-refractivity contribution < 1.29 is 0 Å². The second-order valence-corrected chi connectivity index (χ2v) is 10.7. The molecule has 0 radical (unpaired) electrons. The maximum Gasteiger partial charge on any atom is 0.0631 e. The molecular formula is C26H28Si. The average Bonchev–Trinajstić information content (AvgIpc) is 3.35. The molecule has 0 N–H and O–H groups in total. The van der Waals surface area contributed by atoms with Crippen LogP contribution < -0.4 is 0 Å². The first-order valence-corrected chi connectivity index (χ1v) is 11.9. The normalized spacial score (nSPS) is 21.1. The second kappa shape index (κ2) is 6.49. The molecule has 5 rings (SSSR count). The van der Waals surface area contributed by atoms with Crippen molar-refractivity contribution in [2.75, 3.05) is 0 Å². The Bertz CT molecular complexity index is 1020. The van der Waals surface area contributed by atoms with Crippen LogP contribution in [0, 0.1) is 0 Å². The van der Waals surface area contributed by atoms with Crippen LogP contribution in [0.4, 0.5) is 0 Å². The van der Waals surface area contributed by atoms with Gasteiger partial charge in [-0.3, -0.25) is 0 Å². The Morgan fingerprint density at radius 1 is 1.00 bits per heavy atom. The summed E-state index contributed by atoms with van der Waals surface area (Å²) in [5.41, 5.74) is 14.8. The topological polar surface area (TPSA) is 0 Å². The van der Waals surface area contributed by atoms with Crippen LogP contribution in [0.25, 0.3) is 17.2 Å². The van der Waals surface area contributed by atoms with Gasteiger partial charge in [-0.05, 0) is 85.4 Å². The van der Waals surface area contributed by atoms with Gasteiger partial charge in [0.05, 0.1) is 9.52 Å². The second-order valence-electron chi connectivity index (χ2n) is 8.58. The first kappa shape index (κ1) is 17.0. The first-order chi connectivity index (χ1) is 13.1. The molecule has 3 aliphatic rings. The maximum atomic E-state index is 2.60. The van der Waals surface area contributed by atoms with Crippen LogP contribution in [0.2, 0.25) is 0 Å². The van der Waals surface area contributed by atoms with Crippen LogP contribution in [0.15, 0.2) is 64.4 Å². The van der Waals surface area contributed by atoms with E-state index in [4.69, 9.17) is 0 Å². The zero-order chi connectivity index (χ0) is 18.5. The largest absolute Gasteiger partial charge is 0.0801 e. The van der Waals surface area contributed by atoms with E-state index in [1.165, 1.54) is 42.4 Å². The van der Waals surface area contributed by atoms with Crippen molar-refractivity contribution in [1.82, 2.24) is 0 Å². The van der Waals surface area contributed by atoms with E-state index in [1.807, 2.05) is 0 Å². The molecule has 0 bridgehead atoms. The molecule has 0 fully saturated rings. The number of aryl methyl sites for hydroxylation is 1. The molecule has 2 aromatic carbocycles. The Morgan fingerprint density at radius 3 is 2.56 bits per heavy atom. The molecule has 136 valence electrons. The molecular weight excluding hydrogens is 340 g/mol. The summed E-state index contributed by atoms with van der Waals surface area (Å²) in [6.07, 6.45) is 9.99. The molecule has 2 aromatic rings. The number of hydrogen-bond acceptors (Lipinski definition) is 0. The molecule has 0 heterocycles. The van der Waals surface area contributed by atoms with E-state index >= 15 is 0 Å². The van der Waals surface area contributed by atoms with Gasteiger partial charge in [0.15, 0.2) is 0 Å². The number of rotatable bonds is 3. The number of fused-ring (bicyclic) bond motifs is 2. The van der Waals surface area contributed by atoms with Gasteiger partial charge in [-0.25, -0.2) is 0 Å². The van der Waals surface area contributed by atoms with Gasteiger partial charge in [0.25, 0.3) is 0 Å². The van der Waals surface area contributed by atoms with Gasteiger partial charge in [-0.1, -0.05) is 70.5 Å². The smallest absolute Gasteiger partial charge is 0.0631 e. The van der Waals surface area contributed by atoms with Crippen LogP contribution in [0.1, 0.15) is 61.4 Å². The van der Waals surface area contributed by atoms with Gasteiger partial charge in [-0.2, -0.15) is 0 Å². The third-order valence-electron chi connectivity index (χ3n) is 7.06. The Kier molecular flexibility index (Phi) is 4.09. The summed E-state index contributed by atoms with van der Waals surface area (Å²) >= 11 is 0. The molecule has 1 unspecified atom stereocenters. The fraction of sp³-hybridized carbons (Fsp3) is 0.308. The summed E-state index contributed by atoms with van der Waals surface area (Å²) in [6.45, 7) is 7.00. The molecule has 1 heteroatoms. The van der Waals surface area contributed by atoms with Gasteiger partial charge in [-0.15, -0.1) is 0 Å². The SMILES string of the molecule is CC1=CCC([SiH2]C2C(C)=Cc3c2cc2c(c3-c3ccccc3)CCC2)=C1C. The van der Waals surface area contributed by atoms with E-state index in [9.17, 15) is 0 Å². The summed E-state index contributed by atoms with van der Waals surface area (Å²) in [5.74, 6) is 0. The predicted octanol–water partition coefficient (Wildman–Crippen LogP) is 6.09. The van der Waals surface area contributed by atoms with Gasteiger partial charge in [0, 0.05) is 0 Å². The van der Waals surface area contributed by atoms with E-state index in [2.05, 4.69) is 69.3 Å². The van der Waals surface area contributed by atoms with Gasteiger partial charge < -0.3 is 0 Å². The van der Waals surface area contributed by atoms with Crippen LogP contribution in [-0.2, 0) is 12.8 Å². The van der Waals surface area contributed by atoms with E-state index in [-0.39, 0.29) is 9.52 Å². The standard InChI is InChI=1S/C26H28Si/c1-16-12-13-24(18(16)3)27-26-17(2)14-22-23(26)15-20-10-7-11-21(20)25(22)19-8-5-4-6-9-19/h4-6,8-9,12,14-15,26H,7,10-11,13,27H2,1-3H3. The van der Waals surface area contributed by atoms with Crippen LogP contribution in [-0.4, -0.2) is 9.52 Å². The minimum atomic E-state index is -0.323. The highest BCUT2D eigenvalue weighted by Crippen LogP contribution is 2.46. The van der Waals surface area contributed by atoms with Crippen molar-refractivity contribution in [3.63, 3.8) is 0 Å². The molecule has 0 spiro atoms. The summed E-state index contributed by atoms with van der Waals surface area (Å²) in [6, 6.07) is 13.7. The molecule has 0 nitrogen and oxygen atoms in total. The number of allylic oxidation sites excluding steroid dienone is 5. The highest BCUT2D eigenvalue weighted by Gasteiger charge is 2.31. The lowest BCUT2D eigenvalue weighted by molar-refractivity contribution is 0.911. The average molecular weight is 369 g/mol. The van der Waals surface area contributed by atoms with E-state index < -0.39 is 0 Å². The van der Waals surface area contributed by atoms with E-state index in [0.717, 1.165) is 0 Å². The van der Waals surface area contributed by atoms with Crippen LogP contribution in [0.3, 0.4) is 0 Å². The van der Waals surface area contributed by atoms with Crippen molar-refractivity contribution in [3.05, 3.63) is 86.6 Å². The van der Waals surface area contributed by atoms with Crippen molar-refractivity contribution in [2.45, 2.75) is 52.0 Å². The molecule has 3 aliphatic carbocycles. The zero-order valence-electron chi connectivity index (χ0n) is 16.7. The van der Waals surface area contributed by atoms with Crippen molar-refractivity contribution in [1.29, 1.82) is 0 Å². The third kappa shape index (κ3) is 2.71. The van der Waals surface area contributed by atoms with Gasteiger partial charge in [0.2, 0.25) is 0 Å². The minimum Gasteiger partial charge on any atom is -0.0801 e. The molecule has 1 atom stereocenters. The van der Waals surface area contributed by atoms with Crippen molar-refractivity contribution in [3.8, 4) is 11.1 Å². The minimum absolute atomic E-state index is 0.323. The van der Waals surface area contributed by atoms with Crippen molar-refractivity contribution >= 4 is 15.6 Å². The lowest BCUT2D eigenvalue weighted by Gasteiger charge is -2.20. The Labute approximate surface area is 165 Å². The third-order valence-corrected chi connectivity index (χ3v) is 9.86.